The minimum atomic E-state index is -1.00. The lowest BCUT2D eigenvalue weighted by Gasteiger charge is -2.14. The van der Waals surface area contributed by atoms with Crippen LogP contribution in [0.3, 0.4) is 0 Å². The highest BCUT2D eigenvalue weighted by Crippen LogP contribution is 2.48. The molecule has 0 fully saturated rings. The smallest absolute Gasteiger partial charge is 0.328 e. The summed E-state index contributed by atoms with van der Waals surface area (Å²) in [7, 11) is 0. The Morgan fingerprint density at radius 3 is 2.26 bits per heavy atom. The number of esters is 1. The van der Waals surface area contributed by atoms with Crippen molar-refractivity contribution >= 4 is 51.8 Å². The summed E-state index contributed by atoms with van der Waals surface area (Å²) in [5.41, 5.74) is 9.02. The third-order valence-corrected chi connectivity index (χ3v) is 7.34. The normalized spacial score (nSPS) is 12.1. The standard InChI is InChI=1S/C31H31NO5S.ClH/c1-18(2)23-7-5-6-8-24(23)30-29(36-21-12-9-20(10-13-21)11-16-27(33)34)25-15-14-22(17-26(25)38-30)37-31(35)28(32)19(3)4;/h5-19,28H,32H2,1-4H3,(H,33,34);1H/b16-11+;/t28-;/m0./s1. The highest BCUT2D eigenvalue weighted by molar-refractivity contribution is 7.22. The van der Waals surface area contributed by atoms with Gasteiger partial charge in [-0.1, -0.05) is 64.1 Å². The number of carbonyl (C=O) groups is 2. The zero-order valence-electron chi connectivity index (χ0n) is 22.2. The predicted octanol–water partition coefficient (Wildman–Crippen LogP) is 7.89. The molecule has 8 heteroatoms. The Morgan fingerprint density at radius 1 is 0.949 bits per heavy atom. The molecular weight excluding hydrogens is 534 g/mol. The largest absolute Gasteiger partial charge is 0.478 e. The number of halogens is 1. The lowest BCUT2D eigenvalue weighted by molar-refractivity contribution is -0.137. The lowest BCUT2D eigenvalue weighted by atomic mass is 9.96. The first-order valence-corrected chi connectivity index (χ1v) is 13.3. The number of aliphatic carboxylic acids is 1. The molecule has 1 atom stereocenters. The first-order valence-electron chi connectivity index (χ1n) is 12.5. The topological polar surface area (TPSA) is 98.9 Å². The first kappa shape index (κ1) is 29.9. The fraction of sp³-hybridized carbons (Fsp3) is 0.226. The van der Waals surface area contributed by atoms with Crippen LogP contribution in [0.1, 0.15) is 44.7 Å². The second-order valence-corrected chi connectivity index (χ2v) is 10.7. The van der Waals surface area contributed by atoms with Crippen LogP contribution in [0.25, 0.3) is 26.6 Å². The molecule has 0 aliphatic heterocycles. The van der Waals surface area contributed by atoms with Crippen LogP contribution in [0, 0.1) is 5.92 Å². The van der Waals surface area contributed by atoms with Crippen molar-refractivity contribution < 1.29 is 24.2 Å². The van der Waals surface area contributed by atoms with E-state index in [1.165, 1.54) is 11.6 Å². The summed E-state index contributed by atoms with van der Waals surface area (Å²) in [6, 6.07) is 20.3. The minimum Gasteiger partial charge on any atom is -0.478 e. The van der Waals surface area contributed by atoms with Gasteiger partial charge < -0.3 is 20.3 Å². The maximum atomic E-state index is 12.4. The molecule has 3 aromatic carbocycles. The van der Waals surface area contributed by atoms with E-state index < -0.39 is 18.0 Å². The van der Waals surface area contributed by atoms with Crippen molar-refractivity contribution in [2.45, 2.75) is 39.7 Å². The number of carboxylic acid groups (broad SMARTS) is 1. The van der Waals surface area contributed by atoms with E-state index in [-0.39, 0.29) is 18.3 Å². The third-order valence-electron chi connectivity index (χ3n) is 6.17. The molecule has 39 heavy (non-hydrogen) atoms. The van der Waals surface area contributed by atoms with Crippen LogP contribution in [0.4, 0.5) is 0 Å². The van der Waals surface area contributed by atoms with Gasteiger partial charge in [-0.05, 0) is 64.9 Å². The number of ether oxygens (including phenoxy) is 2. The molecular formula is C31H32ClNO5S. The Labute approximate surface area is 238 Å². The summed E-state index contributed by atoms with van der Waals surface area (Å²) in [5, 5.41) is 9.77. The van der Waals surface area contributed by atoms with Crippen LogP contribution < -0.4 is 15.2 Å². The zero-order valence-corrected chi connectivity index (χ0v) is 23.8. The van der Waals surface area contributed by atoms with Crippen molar-refractivity contribution in [2.75, 3.05) is 0 Å². The molecule has 4 rings (SSSR count). The number of thiophene rings is 1. The van der Waals surface area contributed by atoms with Gasteiger partial charge in [0.25, 0.3) is 0 Å². The molecule has 6 nitrogen and oxygen atoms in total. The van der Waals surface area contributed by atoms with Crippen molar-refractivity contribution in [2.24, 2.45) is 11.7 Å². The Hall–Kier alpha value is -3.65. The molecule has 1 heterocycles. The van der Waals surface area contributed by atoms with E-state index in [0.29, 0.717) is 23.2 Å². The quantitative estimate of drug-likeness (QED) is 0.122. The van der Waals surface area contributed by atoms with E-state index in [1.807, 2.05) is 50.2 Å². The van der Waals surface area contributed by atoms with Crippen LogP contribution in [0.5, 0.6) is 17.2 Å². The fourth-order valence-corrected chi connectivity index (χ4v) is 5.20. The van der Waals surface area contributed by atoms with Crippen molar-refractivity contribution in [3.8, 4) is 27.7 Å². The number of carboxylic acids is 1. The van der Waals surface area contributed by atoms with Gasteiger partial charge in [0.1, 0.15) is 17.5 Å². The number of benzene rings is 3. The van der Waals surface area contributed by atoms with Gasteiger partial charge in [0.2, 0.25) is 0 Å². The monoisotopic (exact) mass is 565 g/mol. The van der Waals surface area contributed by atoms with Crippen LogP contribution >= 0.6 is 23.7 Å². The summed E-state index contributed by atoms with van der Waals surface area (Å²) in [4.78, 5) is 24.2. The number of hydrogen-bond donors (Lipinski definition) is 2. The van der Waals surface area contributed by atoms with Gasteiger partial charge in [-0.3, -0.25) is 0 Å². The minimum absolute atomic E-state index is 0. The predicted molar refractivity (Wildman–Crippen MR) is 160 cm³/mol. The second kappa shape index (κ2) is 12.9. The van der Waals surface area contributed by atoms with Gasteiger partial charge in [-0.15, -0.1) is 23.7 Å². The molecule has 0 saturated heterocycles. The van der Waals surface area contributed by atoms with Crippen molar-refractivity contribution in [3.63, 3.8) is 0 Å². The van der Waals surface area contributed by atoms with Gasteiger partial charge >= 0.3 is 11.9 Å². The van der Waals surface area contributed by atoms with E-state index in [4.69, 9.17) is 20.3 Å². The molecule has 0 aliphatic carbocycles. The summed E-state index contributed by atoms with van der Waals surface area (Å²) in [5.74, 6) is 0.582. The molecule has 0 saturated carbocycles. The van der Waals surface area contributed by atoms with Crippen LogP contribution in [-0.2, 0) is 9.59 Å². The average molecular weight is 566 g/mol. The maximum Gasteiger partial charge on any atom is 0.328 e. The van der Waals surface area contributed by atoms with Gasteiger partial charge in [0, 0.05) is 16.2 Å². The van der Waals surface area contributed by atoms with Gasteiger partial charge in [0.15, 0.2) is 5.75 Å². The van der Waals surface area contributed by atoms with E-state index >= 15 is 0 Å². The summed E-state index contributed by atoms with van der Waals surface area (Å²) in [6.45, 7) is 8.08. The Balaban J connectivity index is 0.00000420. The van der Waals surface area contributed by atoms with E-state index in [0.717, 1.165) is 32.2 Å². The molecule has 3 N–H and O–H groups in total. The zero-order chi connectivity index (χ0) is 27.4. The van der Waals surface area contributed by atoms with Crippen molar-refractivity contribution in [1.82, 2.24) is 0 Å². The highest BCUT2D eigenvalue weighted by atomic mass is 35.5. The molecule has 1 aromatic heterocycles. The fourth-order valence-electron chi connectivity index (χ4n) is 3.99. The van der Waals surface area contributed by atoms with Gasteiger partial charge in [-0.25, -0.2) is 9.59 Å². The summed E-state index contributed by atoms with van der Waals surface area (Å²) in [6.07, 6.45) is 2.63. The highest BCUT2D eigenvalue weighted by Gasteiger charge is 2.22. The SMILES string of the molecule is CC(C)c1ccccc1-c1sc2cc(OC(=O)[C@@H](N)C(C)C)ccc2c1Oc1ccc(/C=C/C(=O)O)cc1.Cl. The molecule has 0 unspecified atom stereocenters. The Kier molecular flexibility index (Phi) is 9.92. The third kappa shape index (κ3) is 7.06. The molecule has 4 aromatic rings. The number of hydrogen-bond acceptors (Lipinski definition) is 6. The average Bonchev–Trinajstić information content (AvgIpc) is 3.24. The number of nitrogens with two attached hydrogens (primary N) is 1. The Morgan fingerprint density at radius 2 is 1.62 bits per heavy atom. The maximum absolute atomic E-state index is 12.4. The number of carbonyl (C=O) groups excluding carboxylic acids is 1. The number of rotatable bonds is 9. The van der Waals surface area contributed by atoms with Gasteiger partial charge in [0.05, 0.1) is 4.88 Å². The van der Waals surface area contributed by atoms with Gasteiger partial charge in [-0.2, -0.15) is 0 Å². The molecule has 0 aliphatic rings. The van der Waals surface area contributed by atoms with Crippen molar-refractivity contribution in [1.29, 1.82) is 0 Å². The van der Waals surface area contributed by atoms with Crippen LogP contribution in [0.15, 0.2) is 72.8 Å². The van der Waals surface area contributed by atoms with E-state index in [1.54, 1.807) is 29.5 Å². The Bertz CT molecular complexity index is 1490. The molecule has 204 valence electrons. The number of fused-ring (bicyclic) bond motifs is 1. The van der Waals surface area contributed by atoms with Crippen LogP contribution in [0.2, 0.25) is 0 Å². The lowest BCUT2D eigenvalue weighted by Crippen LogP contribution is -2.38. The van der Waals surface area contributed by atoms with E-state index in [9.17, 15) is 9.59 Å². The van der Waals surface area contributed by atoms with Crippen LogP contribution in [-0.4, -0.2) is 23.1 Å². The molecule has 0 radical (unpaired) electrons. The molecule has 0 bridgehead atoms. The van der Waals surface area contributed by atoms with Crippen molar-refractivity contribution in [3.05, 3.63) is 83.9 Å². The first-order chi connectivity index (χ1) is 18.1. The second-order valence-electron chi connectivity index (χ2n) is 9.69. The summed E-state index contributed by atoms with van der Waals surface area (Å²) < 4.78 is 13.0. The molecule has 0 spiro atoms. The molecule has 0 amide bonds. The van der Waals surface area contributed by atoms with E-state index in [2.05, 4.69) is 26.0 Å². The summed E-state index contributed by atoms with van der Waals surface area (Å²) >= 11 is 1.57.